The number of rotatable bonds is 3. The molecule has 0 spiro atoms. The van der Waals surface area contributed by atoms with Gasteiger partial charge in [-0.3, -0.25) is 9.10 Å². The lowest BCUT2D eigenvalue weighted by atomic mass is 10.2. The summed E-state index contributed by atoms with van der Waals surface area (Å²) in [6, 6.07) is 9.16. The summed E-state index contributed by atoms with van der Waals surface area (Å²) < 4.78 is 31.0. The molecule has 0 aliphatic carbocycles. The fraction of sp³-hybridized carbons (Fsp3) is 0.188. The lowest BCUT2D eigenvalue weighted by Crippen LogP contribution is -2.48. The number of hydrogen-bond acceptors (Lipinski definition) is 4. The first-order chi connectivity index (χ1) is 12.1. The highest BCUT2D eigenvalue weighted by atomic mass is 35.5. The molecule has 0 saturated carbocycles. The Kier molecular flexibility index (Phi) is 5.25. The molecule has 1 amide bonds. The summed E-state index contributed by atoms with van der Waals surface area (Å²) in [7, 11) is -3.64. The van der Waals surface area contributed by atoms with Crippen LogP contribution < -0.4 is 14.4 Å². The Bertz CT molecular complexity index is 981. The summed E-state index contributed by atoms with van der Waals surface area (Å²) in [6.07, 6.45) is -0.0281. The van der Waals surface area contributed by atoms with Crippen LogP contribution in [0, 0.1) is 0 Å². The van der Waals surface area contributed by atoms with E-state index >= 15 is 0 Å². The monoisotopic (exact) mass is 434 g/mol. The summed E-state index contributed by atoms with van der Waals surface area (Å²) in [5.41, 5.74) is 0.588. The van der Waals surface area contributed by atoms with E-state index in [4.69, 9.17) is 39.5 Å². The number of hydrogen-bond donors (Lipinski definition) is 1. The molecule has 3 rings (SSSR count). The van der Waals surface area contributed by atoms with Crippen molar-refractivity contribution in [2.75, 3.05) is 22.4 Å². The van der Waals surface area contributed by atoms with Gasteiger partial charge in [-0.2, -0.15) is 0 Å². The van der Waals surface area contributed by atoms with Gasteiger partial charge < -0.3 is 10.1 Å². The molecule has 26 heavy (non-hydrogen) atoms. The number of anilines is 2. The van der Waals surface area contributed by atoms with Gasteiger partial charge in [0.25, 0.3) is 5.91 Å². The van der Waals surface area contributed by atoms with Crippen LogP contribution in [0.25, 0.3) is 0 Å². The lowest BCUT2D eigenvalue weighted by Gasteiger charge is -2.34. The average Bonchev–Trinajstić information content (AvgIpc) is 2.56. The molecule has 2 aromatic carbocycles. The second kappa shape index (κ2) is 7.15. The molecule has 138 valence electrons. The Morgan fingerprint density at radius 3 is 2.50 bits per heavy atom. The number of fused-ring (bicyclic) bond motifs is 1. The van der Waals surface area contributed by atoms with Crippen molar-refractivity contribution in [3.8, 4) is 5.75 Å². The number of carbonyl (C=O) groups excluding carboxylic acids is 1. The number of nitrogens with one attached hydrogen (secondary N) is 1. The van der Waals surface area contributed by atoms with E-state index in [9.17, 15) is 13.2 Å². The Labute approximate surface area is 165 Å². The van der Waals surface area contributed by atoms with E-state index < -0.39 is 22.0 Å². The Morgan fingerprint density at radius 2 is 1.81 bits per heavy atom. The quantitative estimate of drug-likeness (QED) is 0.795. The van der Waals surface area contributed by atoms with Crippen molar-refractivity contribution in [3.05, 3.63) is 51.5 Å². The van der Waals surface area contributed by atoms with Crippen LogP contribution in [-0.2, 0) is 14.8 Å². The molecular formula is C16H13Cl3N2O4S. The summed E-state index contributed by atoms with van der Waals surface area (Å²) in [4.78, 5) is 12.6. The molecule has 1 atom stereocenters. The molecule has 0 radical (unpaired) electrons. The molecular weight excluding hydrogens is 423 g/mol. The van der Waals surface area contributed by atoms with E-state index in [1.54, 1.807) is 18.2 Å². The Morgan fingerprint density at radius 1 is 1.15 bits per heavy atom. The molecule has 1 aliphatic rings. The summed E-state index contributed by atoms with van der Waals surface area (Å²) >= 11 is 17.9. The topological polar surface area (TPSA) is 75.7 Å². The van der Waals surface area contributed by atoms with Crippen LogP contribution in [0.5, 0.6) is 5.75 Å². The van der Waals surface area contributed by atoms with E-state index in [0.717, 1.165) is 10.6 Å². The van der Waals surface area contributed by atoms with Gasteiger partial charge in [0, 0.05) is 10.0 Å². The first-order valence-corrected chi connectivity index (χ1v) is 10.3. The fourth-order valence-corrected chi connectivity index (χ4v) is 3.89. The molecule has 0 aromatic heterocycles. The predicted molar refractivity (Wildman–Crippen MR) is 103 cm³/mol. The highest BCUT2D eigenvalue weighted by molar-refractivity contribution is 7.92. The average molecular weight is 436 g/mol. The van der Waals surface area contributed by atoms with E-state index in [-0.39, 0.29) is 18.0 Å². The van der Waals surface area contributed by atoms with Crippen molar-refractivity contribution >= 4 is 62.1 Å². The maximum atomic E-state index is 12.6. The van der Waals surface area contributed by atoms with Crippen molar-refractivity contribution < 1.29 is 17.9 Å². The third kappa shape index (κ3) is 4.01. The number of benzene rings is 2. The minimum Gasteiger partial charge on any atom is -0.476 e. The van der Waals surface area contributed by atoms with Gasteiger partial charge in [0.2, 0.25) is 10.0 Å². The third-order valence-electron chi connectivity index (χ3n) is 3.67. The fourth-order valence-electron chi connectivity index (χ4n) is 2.48. The summed E-state index contributed by atoms with van der Waals surface area (Å²) in [5.74, 6) is -0.313. The molecule has 0 saturated heterocycles. The zero-order valence-electron chi connectivity index (χ0n) is 13.4. The van der Waals surface area contributed by atoms with Crippen molar-refractivity contribution in [1.82, 2.24) is 0 Å². The number of carbonyl (C=O) groups is 1. The second-order valence-corrected chi connectivity index (χ2v) is 8.81. The second-order valence-electron chi connectivity index (χ2n) is 5.63. The normalized spacial score (nSPS) is 16.6. The van der Waals surface area contributed by atoms with Gasteiger partial charge in [-0.25, -0.2) is 8.42 Å². The molecule has 0 bridgehead atoms. The number of sulfonamides is 1. The Hall–Kier alpha value is -1.67. The minimum absolute atomic E-state index is 0.198. The van der Waals surface area contributed by atoms with E-state index in [0.29, 0.717) is 20.8 Å². The van der Waals surface area contributed by atoms with Crippen LogP contribution in [0.2, 0.25) is 15.1 Å². The Balaban J connectivity index is 1.91. The molecule has 1 heterocycles. The van der Waals surface area contributed by atoms with Gasteiger partial charge in [-0.15, -0.1) is 0 Å². The first-order valence-electron chi connectivity index (χ1n) is 7.35. The van der Waals surface area contributed by atoms with Crippen molar-refractivity contribution in [2.45, 2.75) is 6.10 Å². The van der Waals surface area contributed by atoms with Crippen molar-refractivity contribution in [2.24, 2.45) is 0 Å². The van der Waals surface area contributed by atoms with Gasteiger partial charge >= 0.3 is 0 Å². The highest BCUT2D eigenvalue weighted by Crippen LogP contribution is 2.37. The molecule has 0 fully saturated rings. The van der Waals surface area contributed by atoms with Gasteiger partial charge in [0.05, 0.1) is 29.2 Å². The van der Waals surface area contributed by atoms with Gasteiger partial charge in [-0.1, -0.05) is 34.8 Å². The zero-order valence-corrected chi connectivity index (χ0v) is 16.5. The van der Waals surface area contributed by atoms with Crippen LogP contribution >= 0.6 is 34.8 Å². The summed E-state index contributed by atoms with van der Waals surface area (Å²) in [5, 5.41) is 3.66. The molecule has 2 aromatic rings. The SMILES string of the molecule is CS(=O)(=O)N1C[C@@H](C(=O)Nc2cc(Cl)ccc2Cl)Oc2ccc(Cl)cc21. The largest absolute Gasteiger partial charge is 0.476 e. The van der Waals surface area contributed by atoms with Crippen molar-refractivity contribution in [3.63, 3.8) is 0 Å². The summed E-state index contributed by atoms with van der Waals surface area (Å²) in [6.45, 7) is -0.198. The number of nitrogens with zero attached hydrogens (tertiary/aromatic N) is 1. The molecule has 1 aliphatic heterocycles. The van der Waals surface area contributed by atoms with Crippen LogP contribution in [0.3, 0.4) is 0 Å². The molecule has 1 N–H and O–H groups in total. The van der Waals surface area contributed by atoms with E-state index in [2.05, 4.69) is 5.32 Å². The van der Waals surface area contributed by atoms with Crippen LogP contribution in [0.15, 0.2) is 36.4 Å². The van der Waals surface area contributed by atoms with Crippen LogP contribution in [-0.4, -0.2) is 33.2 Å². The van der Waals surface area contributed by atoms with Crippen LogP contribution in [0.4, 0.5) is 11.4 Å². The molecule has 10 heteroatoms. The maximum Gasteiger partial charge on any atom is 0.267 e. The zero-order chi connectivity index (χ0) is 19.1. The molecule has 6 nitrogen and oxygen atoms in total. The maximum absolute atomic E-state index is 12.6. The predicted octanol–water partition coefficient (Wildman–Crippen LogP) is 3.81. The minimum atomic E-state index is -3.64. The van der Waals surface area contributed by atoms with Gasteiger partial charge in [0.1, 0.15) is 5.75 Å². The van der Waals surface area contributed by atoms with Gasteiger partial charge in [-0.05, 0) is 36.4 Å². The standard InChI is InChI=1S/C16H13Cl3N2O4S/c1-26(23,24)21-8-15(25-14-5-3-10(18)7-13(14)21)16(22)20-12-6-9(17)2-4-11(12)19/h2-7,15H,8H2,1H3,(H,20,22)/t15-/m0/s1. The third-order valence-corrected chi connectivity index (χ3v) is 5.62. The number of ether oxygens (including phenoxy) is 1. The highest BCUT2D eigenvalue weighted by Gasteiger charge is 2.35. The smallest absolute Gasteiger partial charge is 0.267 e. The number of halogens is 3. The first kappa shape index (κ1) is 19.1. The lowest BCUT2D eigenvalue weighted by molar-refractivity contribution is -0.122. The van der Waals surface area contributed by atoms with E-state index in [1.165, 1.54) is 18.2 Å². The van der Waals surface area contributed by atoms with Gasteiger partial charge in [0.15, 0.2) is 6.10 Å². The van der Waals surface area contributed by atoms with E-state index in [1.807, 2.05) is 0 Å². The van der Waals surface area contributed by atoms with Crippen LogP contribution in [0.1, 0.15) is 0 Å². The van der Waals surface area contributed by atoms with Crippen molar-refractivity contribution in [1.29, 1.82) is 0 Å². The molecule has 0 unspecified atom stereocenters. The number of amides is 1.